The van der Waals surface area contributed by atoms with Crippen molar-refractivity contribution in [2.24, 2.45) is 5.92 Å². The molecule has 2 heterocycles. The fraction of sp³-hybridized carbons (Fsp3) is 0.500. The molecule has 1 aliphatic heterocycles. The minimum absolute atomic E-state index is 0.280. The van der Waals surface area contributed by atoms with Crippen molar-refractivity contribution in [3.8, 4) is 0 Å². The average Bonchev–Trinajstić information content (AvgIpc) is 3.06. The lowest BCUT2D eigenvalue weighted by molar-refractivity contribution is 0.0697. The Hall–Kier alpha value is -1.95. The predicted molar refractivity (Wildman–Crippen MR) is 74.7 cm³/mol. The number of hydrogen-bond acceptors (Lipinski definition) is 4. The van der Waals surface area contributed by atoms with Crippen LogP contribution in [-0.4, -0.2) is 50.6 Å². The number of aromatic nitrogens is 3. The highest BCUT2D eigenvalue weighted by atomic mass is 16.4. The number of carboxylic acid groups (broad SMARTS) is 1. The number of benzene rings is 1. The van der Waals surface area contributed by atoms with Crippen LogP contribution >= 0.6 is 0 Å². The molecule has 1 aromatic carbocycles. The maximum Gasteiger partial charge on any atom is 0.335 e. The molecule has 2 aromatic rings. The van der Waals surface area contributed by atoms with E-state index in [1.165, 1.54) is 0 Å². The molecule has 1 unspecified atom stereocenters. The number of hydrogen-bond donors (Lipinski definition) is 1. The van der Waals surface area contributed by atoms with Gasteiger partial charge in [0.2, 0.25) is 0 Å². The molecule has 20 heavy (non-hydrogen) atoms. The van der Waals surface area contributed by atoms with Crippen LogP contribution in [0, 0.1) is 5.92 Å². The number of rotatable bonds is 4. The summed E-state index contributed by atoms with van der Waals surface area (Å²) in [5.74, 6) is -0.356. The minimum Gasteiger partial charge on any atom is -0.478 e. The molecule has 6 heteroatoms. The van der Waals surface area contributed by atoms with Crippen LogP contribution in [0.1, 0.15) is 23.7 Å². The van der Waals surface area contributed by atoms with E-state index < -0.39 is 5.97 Å². The van der Waals surface area contributed by atoms with Crippen LogP contribution in [0.3, 0.4) is 0 Å². The molecule has 0 amide bonds. The lowest BCUT2D eigenvalue weighted by Crippen LogP contribution is -2.21. The Morgan fingerprint density at radius 2 is 2.35 bits per heavy atom. The van der Waals surface area contributed by atoms with E-state index in [4.69, 9.17) is 5.11 Å². The number of nitrogens with zero attached hydrogens (tertiary/aromatic N) is 4. The Balaban J connectivity index is 1.84. The van der Waals surface area contributed by atoms with Gasteiger partial charge in [0.1, 0.15) is 5.52 Å². The summed E-state index contributed by atoms with van der Waals surface area (Å²) in [6.07, 6.45) is 1.16. The largest absolute Gasteiger partial charge is 0.478 e. The molecular formula is C14H18N4O2. The third kappa shape index (κ3) is 2.38. The maximum absolute atomic E-state index is 11.0. The minimum atomic E-state index is -0.919. The summed E-state index contributed by atoms with van der Waals surface area (Å²) < 4.78 is 1.84. The van der Waals surface area contributed by atoms with E-state index >= 15 is 0 Å². The van der Waals surface area contributed by atoms with Crippen molar-refractivity contribution < 1.29 is 9.90 Å². The summed E-state index contributed by atoms with van der Waals surface area (Å²) in [6, 6.07) is 4.94. The van der Waals surface area contributed by atoms with Gasteiger partial charge >= 0.3 is 5.97 Å². The van der Waals surface area contributed by atoms with Gasteiger partial charge in [-0.3, -0.25) is 0 Å². The van der Waals surface area contributed by atoms with Crippen LogP contribution in [0.4, 0.5) is 0 Å². The molecule has 1 atom stereocenters. The zero-order valence-corrected chi connectivity index (χ0v) is 11.5. The monoisotopic (exact) mass is 274 g/mol. The van der Waals surface area contributed by atoms with E-state index in [0.29, 0.717) is 5.92 Å². The molecular weight excluding hydrogens is 256 g/mol. The van der Waals surface area contributed by atoms with Gasteiger partial charge in [-0.25, -0.2) is 9.48 Å². The van der Waals surface area contributed by atoms with E-state index in [0.717, 1.165) is 43.6 Å². The SMILES string of the molecule is CCN1CCC(Cn2nnc3ccc(C(=O)O)cc32)C1. The molecule has 0 saturated carbocycles. The molecule has 1 N–H and O–H groups in total. The summed E-state index contributed by atoms with van der Waals surface area (Å²) >= 11 is 0. The Morgan fingerprint density at radius 3 is 3.05 bits per heavy atom. The maximum atomic E-state index is 11.0. The van der Waals surface area contributed by atoms with Crippen molar-refractivity contribution in [2.45, 2.75) is 19.9 Å². The number of carboxylic acids is 1. The molecule has 0 spiro atoms. The van der Waals surface area contributed by atoms with Gasteiger partial charge in [0, 0.05) is 13.1 Å². The number of carbonyl (C=O) groups is 1. The van der Waals surface area contributed by atoms with Crippen LogP contribution in [0.5, 0.6) is 0 Å². The Labute approximate surface area is 117 Å². The molecule has 1 fully saturated rings. The van der Waals surface area contributed by atoms with E-state index in [9.17, 15) is 4.79 Å². The first-order valence-electron chi connectivity index (χ1n) is 6.96. The molecule has 3 rings (SSSR count). The van der Waals surface area contributed by atoms with Gasteiger partial charge in [0.25, 0.3) is 0 Å². The van der Waals surface area contributed by atoms with Gasteiger partial charge in [0.05, 0.1) is 11.1 Å². The van der Waals surface area contributed by atoms with Gasteiger partial charge in [-0.1, -0.05) is 12.1 Å². The quantitative estimate of drug-likeness (QED) is 0.914. The first-order chi connectivity index (χ1) is 9.67. The Bertz CT molecular complexity index is 637. The summed E-state index contributed by atoms with van der Waals surface area (Å²) in [6.45, 7) is 6.27. The summed E-state index contributed by atoms with van der Waals surface area (Å²) in [7, 11) is 0. The standard InChI is InChI=1S/C14H18N4O2/c1-2-17-6-5-10(8-17)9-18-13-7-11(14(19)20)3-4-12(13)15-16-18/h3-4,7,10H,2,5-6,8-9H2,1H3,(H,19,20). The van der Waals surface area contributed by atoms with Gasteiger partial charge < -0.3 is 10.0 Å². The Morgan fingerprint density at radius 1 is 1.50 bits per heavy atom. The fourth-order valence-corrected chi connectivity index (χ4v) is 2.83. The van der Waals surface area contributed by atoms with Gasteiger partial charge in [-0.15, -0.1) is 5.10 Å². The smallest absolute Gasteiger partial charge is 0.335 e. The van der Waals surface area contributed by atoms with Crippen LogP contribution in [0.2, 0.25) is 0 Å². The van der Waals surface area contributed by atoms with E-state index in [1.54, 1.807) is 18.2 Å². The van der Waals surface area contributed by atoms with E-state index in [-0.39, 0.29) is 5.56 Å². The highest BCUT2D eigenvalue weighted by Gasteiger charge is 2.22. The van der Waals surface area contributed by atoms with Crippen molar-refractivity contribution in [2.75, 3.05) is 19.6 Å². The van der Waals surface area contributed by atoms with Gasteiger partial charge in [-0.05, 0) is 43.6 Å². The first-order valence-corrected chi connectivity index (χ1v) is 6.96. The van der Waals surface area contributed by atoms with Gasteiger partial charge in [-0.2, -0.15) is 0 Å². The van der Waals surface area contributed by atoms with Crippen molar-refractivity contribution in [3.63, 3.8) is 0 Å². The second kappa shape index (κ2) is 5.20. The molecule has 0 bridgehead atoms. The van der Waals surface area contributed by atoms with Crippen LogP contribution in [0.25, 0.3) is 11.0 Å². The van der Waals surface area contributed by atoms with Crippen LogP contribution < -0.4 is 0 Å². The number of likely N-dealkylation sites (tertiary alicyclic amines) is 1. The van der Waals surface area contributed by atoms with Crippen molar-refractivity contribution in [3.05, 3.63) is 23.8 Å². The highest BCUT2D eigenvalue weighted by molar-refractivity contribution is 5.92. The van der Waals surface area contributed by atoms with Crippen molar-refractivity contribution in [1.82, 2.24) is 19.9 Å². The third-order valence-electron chi connectivity index (χ3n) is 4.01. The second-order valence-electron chi connectivity index (χ2n) is 5.33. The lowest BCUT2D eigenvalue weighted by atomic mass is 10.1. The van der Waals surface area contributed by atoms with Crippen molar-refractivity contribution >= 4 is 17.0 Å². The van der Waals surface area contributed by atoms with Crippen molar-refractivity contribution in [1.29, 1.82) is 0 Å². The highest BCUT2D eigenvalue weighted by Crippen LogP contribution is 2.20. The summed E-state index contributed by atoms with van der Waals surface area (Å²) in [5, 5.41) is 17.3. The summed E-state index contributed by atoms with van der Waals surface area (Å²) in [4.78, 5) is 13.5. The predicted octanol–water partition coefficient (Wildman–Crippen LogP) is 1.47. The topological polar surface area (TPSA) is 71.2 Å². The molecule has 0 radical (unpaired) electrons. The second-order valence-corrected chi connectivity index (χ2v) is 5.33. The average molecular weight is 274 g/mol. The normalized spacial score (nSPS) is 19.8. The van der Waals surface area contributed by atoms with Crippen LogP contribution in [-0.2, 0) is 6.54 Å². The zero-order valence-electron chi connectivity index (χ0n) is 11.5. The molecule has 106 valence electrons. The van der Waals surface area contributed by atoms with Gasteiger partial charge in [0.15, 0.2) is 0 Å². The number of fused-ring (bicyclic) bond motifs is 1. The first kappa shape index (κ1) is 13.1. The molecule has 6 nitrogen and oxygen atoms in total. The molecule has 1 saturated heterocycles. The zero-order chi connectivity index (χ0) is 14.1. The molecule has 1 aromatic heterocycles. The molecule has 1 aliphatic rings. The third-order valence-corrected chi connectivity index (χ3v) is 4.01. The number of aromatic carboxylic acids is 1. The van der Waals surface area contributed by atoms with E-state index in [2.05, 4.69) is 22.1 Å². The van der Waals surface area contributed by atoms with E-state index in [1.807, 2.05) is 4.68 Å². The fourth-order valence-electron chi connectivity index (χ4n) is 2.83. The lowest BCUT2D eigenvalue weighted by Gasteiger charge is -2.13. The van der Waals surface area contributed by atoms with Crippen LogP contribution in [0.15, 0.2) is 18.2 Å². The Kier molecular flexibility index (Phi) is 3.40. The summed E-state index contributed by atoms with van der Waals surface area (Å²) in [5.41, 5.74) is 1.84. The molecule has 0 aliphatic carbocycles.